The Hall–Kier alpha value is -2.51. The van der Waals surface area contributed by atoms with E-state index in [4.69, 9.17) is 4.74 Å². The van der Waals surface area contributed by atoms with Gasteiger partial charge in [-0.05, 0) is 31.5 Å². The molecule has 2 amide bonds. The van der Waals surface area contributed by atoms with Crippen LogP contribution in [0.3, 0.4) is 0 Å². The molecule has 0 aromatic heterocycles. The number of methoxy groups -OCH3 is 1. The van der Waals surface area contributed by atoms with Crippen LogP contribution in [0.1, 0.15) is 31.0 Å². The van der Waals surface area contributed by atoms with Crippen LogP contribution in [0.15, 0.2) is 35.5 Å². The number of nitrogens with zero attached hydrogens (tertiary/aromatic N) is 1. The number of rotatable bonds is 3. The molecule has 0 fully saturated rings. The van der Waals surface area contributed by atoms with Gasteiger partial charge in [0.25, 0.3) is 0 Å². The molecule has 0 unspecified atom stereocenters. The van der Waals surface area contributed by atoms with Gasteiger partial charge in [-0.25, -0.2) is 9.59 Å². The van der Waals surface area contributed by atoms with Crippen LogP contribution >= 0.6 is 0 Å². The molecule has 24 heavy (non-hydrogen) atoms. The highest BCUT2D eigenvalue weighted by atomic mass is 19.4. The first-order valence-electron chi connectivity index (χ1n) is 7.25. The predicted octanol–water partition coefficient (Wildman–Crippen LogP) is 3.24. The number of carbonyl (C=O) groups excluding carboxylic acids is 2. The molecule has 1 aromatic rings. The summed E-state index contributed by atoms with van der Waals surface area (Å²) < 4.78 is 43.5. The molecule has 0 aliphatic carbocycles. The molecule has 8 heteroatoms. The summed E-state index contributed by atoms with van der Waals surface area (Å²) in [5.41, 5.74) is -0.225. The normalized spacial score (nSPS) is 18.5. The van der Waals surface area contributed by atoms with Crippen molar-refractivity contribution < 1.29 is 27.5 Å². The van der Waals surface area contributed by atoms with Gasteiger partial charge in [-0.3, -0.25) is 4.90 Å². The van der Waals surface area contributed by atoms with Crippen molar-refractivity contribution in [2.45, 2.75) is 26.1 Å². The summed E-state index contributed by atoms with van der Waals surface area (Å²) in [5.74, 6) is -0.701. The standard InChI is InChI=1S/C16H17F3N2O3/c1-4-21-9(2)12(14(22)24-3)13(20-15(21)23)10-6-5-7-11(8-10)16(17,18)19/h5-8,13H,4H2,1-3H3,(H,20,23)/t13-/m1/s1. The maximum atomic E-state index is 12.9. The summed E-state index contributed by atoms with van der Waals surface area (Å²) in [4.78, 5) is 25.6. The second kappa shape index (κ2) is 6.54. The number of esters is 1. The fraction of sp³-hybridized carbons (Fsp3) is 0.375. The molecule has 1 heterocycles. The van der Waals surface area contributed by atoms with E-state index in [1.807, 2.05) is 0 Å². The van der Waals surface area contributed by atoms with E-state index in [0.29, 0.717) is 12.2 Å². The van der Waals surface area contributed by atoms with Crippen LogP contribution in [0.2, 0.25) is 0 Å². The molecule has 5 nitrogen and oxygen atoms in total. The van der Waals surface area contributed by atoms with E-state index in [9.17, 15) is 22.8 Å². The lowest BCUT2D eigenvalue weighted by molar-refractivity contribution is -0.137. The number of benzene rings is 1. The predicted molar refractivity (Wildman–Crippen MR) is 79.8 cm³/mol. The van der Waals surface area contributed by atoms with Gasteiger partial charge >= 0.3 is 18.2 Å². The molecule has 0 radical (unpaired) electrons. The van der Waals surface area contributed by atoms with Crippen molar-refractivity contribution in [2.75, 3.05) is 13.7 Å². The molecular formula is C16H17F3N2O3. The molecule has 0 saturated heterocycles. The largest absolute Gasteiger partial charge is 0.466 e. The van der Waals surface area contributed by atoms with Gasteiger partial charge in [-0.1, -0.05) is 12.1 Å². The van der Waals surface area contributed by atoms with Gasteiger partial charge in [0.05, 0.1) is 24.3 Å². The molecule has 0 saturated carbocycles. The summed E-state index contributed by atoms with van der Waals surface area (Å²) in [6.45, 7) is 3.60. The highest BCUT2D eigenvalue weighted by molar-refractivity contribution is 5.95. The van der Waals surface area contributed by atoms with E-state index in [1.165, 1.54) is 24.1 Å². The smallest absolute Gasteiger partial charge is 0.416 e. The number of allylic oxidation sites excluding steroid dienone is 1. The minimum absolute atomic E-state index is 0.110. The van der Waals surface area contributed by atoms with E-state index < -0.39 is 29.8 Å². The number of hydrogen-bond donors (Lipinski definition) is 1. The van der Waals surface area contributed by atoms with Crippen LogP contribution in [-0.4, -0.2) is 30.6 Å². The summed E-state index contributed by atoms with van der Waals surface area (Å²) >= 11 is 0. The van der Waals surface area contributed by atoms with Gasteiger partial charge in [0.1, 0.15) is 0 Å². The van der Waals surface area contributed by atoms with Crippen molar-refractivity contribution in [1.29, 1.82) is 0 Å². The zero-order chi connectivity index (χ0) is 18.1. The number of urea groups is 1. The van der Waals surface area contributed by atoms with Gasteiger partial charge in [0.2, 0.25) is 0 Å². The number of ether oxygens (including phenoxy) is 1. The fourth-order valence-electron chi connectivity index (χ4n) is 2.68. The third-order valence-electron chi connectivity index (χ3n) is 3.87. The second-order valence-electron chi connectivity index (χ2n) is 5.24. The second-order valence-corrected chi connectivity index (χ2v) is 5.24. The van der Waals surface area contributed by atoms with Crippen molar-refractivity contribution in [1.82, 2.24) is 10.2 Å². The third-order valence-corrected chi connectivity index (χ3v) is 3.87. The lowest BCUT2D eigenvalue weighted by Gasteiger charge is -2.34. The van der Waals surface area contributed by atoms with Crippen LogP contribution in [0, 0.1) is 0 Å². The SMILES string of the molecule is CCN1C(=O)N[C@H](c2cccc(C(F)(F)F)c2)C(C(=O)OC)=C1C. The Balaban J connectivity index is 2.57. The van der Waals surface area contributed by atoms with E-state index in [1.54, 1.807) is 13.8 Å². The Morgan fingerprint density at radius 2 is 2.04 bits per heavy atom. The Labute approximate surface area is 137 Å². The average molecular weight is 342 g/mol. The van der Waals surface area contributed by atoms with Gasteiger partial charge in [0, 0.05) is 12.2 Å². The zero-order valence-electron chi connectivity index (χ0n) is 13.4. The number of alkyl halides is 3. The fourth-order valence-corrected chi connectivity index (χ4v) is 2.68. The van der Waals surface area contributed by atoms with Crippen LogP contribution in [0.4, 0.5) is 18.0 Å². The van der Waals surface area contributed by atoms with E-state index >= 15 is 0 Å². The molecule has 1 aliphatic heterocycles. The first-order chi connectivity index (χ1) is 11.2. The number of carbonyl (C=O) groups is 2. The maximum absolute atomic E-state index is 12.9. The number of nitrogens with one attached hydrogen (secondary N) is 1. The Bertz CT molecular complexity index is 698. The first kappa shape index (κ1) is 17.8. The zero-order valence-corrected chi connectivity index (χ0v) is 13.4. The van der Waals surface area contributed by atoms with E-state index in [0.717, 1.165) is 12.1 Å². The first-order valence-corrected chi connectivity index (χ1v) is 7.25. The number of amides is 2. The van der Waals surface area contributed by atoms with Crippen LogP contribution in [0.5, 0.6) is 0 Å². The quantitative estimate of drug-likeness (QED) is 0.858. The average Bonchev–Trinajstić information content (AvgIpc) is 2.53. The maximum Gasteiger partial charge on any atom is 0.416 e. The minimum atomic E-state index is -4.52. The Morgan fingerprint density at radius 3 is 2.58 bits per heavy atom. The summed E-state index contributed by atoms with van der Waals surface area (Å²) in [6.07, 6.45) is -4.52. The Kier molecular flexibility index (Phi) is 4.86. The van der Waals surface area contributed by atoms with Gasteiger partial charge < -0.3 is 10.1 Å². The van der Waals surface area contributed by atoms with E-state index in [-0.39, 0.29) is 11.1 Å². The number of halogens is 3. The lowest BCUT2D eigenvalue weighted by Crippen LogP contribution is -2.47. The highest BCUT2D eigenvalue weighted by Gasteiger charge is 2.37. The number of hydrogen-bond acceptors (Lipinski definition) is 3. The summed E-state index contributed by atoms with van der Waals surface area (Å²) in [7, 11) is 1.18. The molecule has 1 N–H and O–H groups in total. The topological polar surface area (TPSA) is 58.6 Å². The van der Waals surface area contributed by atoms with Crippen molar-refractivity contribution in [3.05, 3.63) is 46.7 Å². The molecular weight excluding hydrogens is 325 g/mol. The summed E-state index contributed by atoms with van der Waals surface area (Å²) in [6, 6.07) is 3.03. The van der Waals surface area contributed by atoms with Crippen molar-refractivity contribution in [3.8, 4) is 0 Å². The molecule has 130 valence electrons. The molecule has 2 rings (SSSR count). The monoisotopic (exact) mass is 342 g/mol. The van der Waals surface area contributed by atoms with Crippen molar-refractivity contribution in [2.24, 2.45) is 0 Å². The molecule has 0 spiro atoms. The highest BCUT2D eigenvalue weighted by Crippen LogP contribution is 2.35. The van der Waals surface area contributed by atoms with Crippen LogP contribution < -0.4 is 5.32 Å². The lowest BCUT2D eigenvalue weighted by atomic mass is 9.93. The molecule has 1 atom stereocenters. The van der Waals surface area contributed by atoms with Crippen molar-refractivity contribution >= 4 is 12.0 Å². The molecule has 1 aliphatic rings. The summed E-state index contributed by atoms with van der Waals surface area (Å²) in [5, 5.41) is 2.57. The van der Waals surface area contributed by atoms with Crippen molar-refractivity contribution in [3.63, 3.8) is 0 Å². The minimum Gasteiger partial charge on any atom is -0.466 e. The molecule has 0 bridgehead atoms. The van der Waals surface area contributed by atoms with Gasteiger partial charge in [0.15, 0.2) is 0 Å². The van der Waals surface area contributed by atoms with Crippen LogP contribution in [0.25, 0.3) is 0 Å². The van der Waals surface area contributed by atoms with Gasteiger partial charge in [-0.15, -0.1) is 0 Å². The van der Waals surface area contributed by atoms with Crippen LogP contribution in [-0.2, 0) is 15.7 Å². The molecule has 1 aromatic carbocycles. The van der Waals surface area contributed by atoms with E-state index in [2.05, 4.69) is 5.32 Å². The van der Waals surface area contributed by atoms with Gasteiger partial charge in [-0.2, -0.15) is 13.2 Å². The third kappa shape index (κ3) is 3.22. The Morgan fingerprint density at radius 1 is 1.38 bits per heavy atom.